The molecule has 0 aliphatic heterocycles. The average molecular weight is 294 g/mol. The molecule has 0 fully saturated rings. The Balaban J connectivity index is 2.48. The first-order valence-electron chi connectivity index (χ1n) is 7.49. The first-order chi connectivity index (χ1) is 9.99. The van der Waals surface area contributed by atoms with E-state index in [2.05, 4.69) is 60.9 Å². The largest absolute Gasteiger partial charge is 0.105 e. The highest BCUT2D eigenvalue weighted by atomic mass is 31.0. The van der Waals surface area contributed by atoms with Gasteiger partial charge in [-0.25, -0.2) is 0 Å². The molecule has 0 aliphatic rings. The zero-order valence-electron chi connectivity index (χ0n) is 13.3. The van der Waals surface area contributed by atoms with Gasteiger partial charge in [0.1, 0.15) is 0 Å². The third-order valence-electron chi connectivity index (χ3n) is 3.61. The fraction of sp³-hybridized carbons (Fsp3) is 0.300. The summed E-state index contributed by atoms with van der Waals surface area (Å²) in [6.45, 7) is 8.95. The molecule has 0 saturated heterocycles. The zero-order valence-corrected chi connectivity index (χ0v) is 14.4. The standard InChI is InChI=1S/C20H23P/c1-14(2)18-12-17(13-19(15(3)4)20(18)21)11-10-16-8-6-5-7-9-16/h5-9,12-15H,21H2,1-4H3. The summed E-state index contributed by atoms with van der Waals surface area (Å²) in [6.07, 6.45) is 0. The molecule has 0 amide bonds. The van der Waals surface area contributed by atoms with Crippen LogP contribution in [0.1, 0.15) is 61.8 Å². The topological polar surface area (TPSA) is 0 Å². The molecule has 0 bridgehead atoms. The Morgan fingerprint density at radius 2 is 1.24 bits per heavy atom. The maximum absolute atomic E-state index is 3.32. The van der Waals surface area contributed by atoms with Crippen molar-refractivity contribution < 1.29 is 0 Å². The van der Waals surface area contributed by atoms with E-state index in [9.17, 15) is 0 Å². The van der Waals surface area contributed by atoms with Crippen LogP contribution in [-0.2, 0) is 0 Å². The summed E-state index contributed by atoms with van der Waals surface area (Å²) in [6, 6.07) is 14.6. The van der Waals surface area contributed by atoms with Gasteiger partial charge in [-0.2, -0.15) is 0 Å². The molecule has 2 rings (SSSR count). The minimum Gasteiger partial charge on any atom is -0.105 e. The summed E-state index contributed by atoms with van der Waals surface area (Å²) in [5.41, 5.74) is 4.93. The summed E-state index contributed by atoms with van der Waals surface area (Å²) in [5, 5.41) is 1.34. The van der Waals surface area contributed by atoms with E-state index in [4.69, 9.17) is 0 Å². The molecule has 108 valence electrons. The minimum atomic E-state index is 0.508. The summed E-state index contributed by atoms with van der Waals surface area (Å²) in [4.78, 5) is 0. The lowest BCUT2D eigenvalue weighted by molar-refractivity contribution is 0.845. The third-order valence-corrected chi connectivity index (χ3v) is 4.28. The van der Waals surface area contributed by atoms with Crippen LogP contribution in [0.25, 0.3) is 0 Å². The Kier molecular flexibility index (Phi) is 5.22. The van der Waals surface area contributed by atoms with Gasteiger partial charge in [0.25, 0.3) is 0 Å². The van der Waals surface area contributed by atoms with Crippen molar-refractivity contribution in [1.29, 1.82) is 0 Å². The Bertz CT molecular complexity index is 641. The molecule has 1 atom stereocenters. The van der Waals surface area contributed by atoms with Crippen molar-refractivity contribution in [2.75, 3.05) is 0 Å². The van der Waals surface area contributed by atoms with Gasteiger partial charge >= 0.3 is 0 Å². The Labute approximate surface area is 131 Å². The predicted octanol–water partition coefficient (Wildman–Crippen LogP) is 4.83. The van der Waals surface area contributed by atoms with E-state index in [1.54, 1.807) is 0 Å². The zero-order chi connectivity index (χ0) is 15.4. The lowest BCUT2D eigenvalue weighted by atomic mass is 9.93. The highest BCUT2D eigenvalue weighted by Crippen LogP contribution is 2.23. The van der Waals surface area contributed by atoms with Gasteiger partial charge in [0.2, 0.25) is 0 Å². The normalized spacial score (nSPS) is 10.6. The Morgan fingerprint density at radius 1 is 0.762 bits per heavy atom. The molecule has 1 unspecified atom stereocenters. The van der Waals surface area contributed by atoms with Crippen LogP contribution in [0.4, 0.5) is 0 Å². The fourth-order valence-corrected chi connectivity index (χ4v) is 3.23. The van der Waals surface area contributed by atoms with Gasteiger partial charge in [-0.15, -0.1) is 9.24 Å². The SMILES string of the molecule is CC(C)c1cc(C#Cc2ccccc2)cc(C(C)C)c1P. The quantitative estimate of drug-likeness (QED) is 0.549. The van der Waals surface area contributed by atoms with Crippen LogP contribution in [0.15, 0.2) is 42.5 Å². The highest BCUT2D eigenvalue weighted by Gasteiger charge is 2.12. The van der Waals surface area contributed by atoms with Gasteiger partial charge in [-0.3, -0.25) is 0 Å². The van der Waals surface area contributed by atoms with E-state index in [0.717, 1.165) is 11.1 Å². The maximum Gasteiger partial charge on any atom is 0.0255 e. The van der Waals surface area contributed by atoms with E-state index in [1.807, 2.05) is 30.3 Å². The van der Waals surface area contributed by atoms with Crippen molar-refractivity contribution in [3.8, 4) is 11.8 Å². The van der Waals surface area contributed by atoms with E-state index < -0.39 is 0 Å². The average Bonchev–Trinajstić information content (AvgIpc) is 2.46. The molecule has 0 radical (unpaired) electrons. The second-order valence-corrected chi connectivity index (χ2v) is 6.57. The molecule has 2 aromatic rings. The molecule has 0 aromatic heterocycles. The van der Waals surface area contributed by atoms with Crippen LogP contribution in [0.3, 0.4) is 0 Å². The van der Waals surface area contributed by atoms with Gasteiger partial charge in [0.15, 0.2) is 0 Å². The van der Waals surface area contributed by atoms with Crippen LogP contribution in [0.2, 0.25) is 0 Å². The van der Waals surface area contributed by atoms with Crippen LogP contribution >= 0.6 is 9.24 Å². The summed E-state index contributed by atoms with van der Waals surface area (Å²) in [5.74, 6) is 7.59. The van der Waals surface area contributed by atoms with Crippen LogP contribution in [-0.4, -0.2) is 0 Å². The van der Waals surface area contributed by atoms with Crippen LogP contribution in [0.5, 0.6) is 0 Å². The lowest BCUT2D eigenvalue weighted by Gasteiger charge is -2.17. The molecular weight excluding hydrogens is 271 g/mol. The summed E-state index contributed by atoms with van der Waals surface area (Å²) >= 11 is 0. The second-order valence-electron chi connectivity index (χ2n) is 5.99. The molecule has 0 heterocycles. The van der Waals surface area contributed by atoms with E-state index in [1.165, 1.54) is 16.4 Å². The predicted molar refractivity (Wildman–Crippen MR) is 96.4 cm³/mol. The Hall–Kier alpha value is -1.57. The molecule has 0 nitrogen and oxygen atoms in total. The van der Waals surface area contributed by atoms with E-state index >= 15 is 0 Å². The van der Waals surface area contributed by atoms with E-state index in [0.29, 0.717) is 11.8 Å². The molecule has 0 saturated carbocycles. The fourth-order valence-electron chi connectivity index (χ4n) is 2.39. The van der Waals surface area contributed by atoms with Gasteiger partial charge in [0, 0.05) is 11.1 Å². The number of hydrogen-bond donors (Lipinski definition) is 0. The van der Waals surface area contributed by atoms with Crippen LogP contribution < -0.4 is 5.30 Å². The molecule has 21 heavy (non-hydrogen) atoms. The van der Waals surface area contributed by atoms with Crippen molar-refractivity contribution in [2.45, 2.75) is 39.5 Å². The van der Waals surface area contributed by atoms with Crippen molar-refractivity contribution in [3.63, 3.8) is 0 Å². The van der Waals surface area contributed by atoms with Crippen molar-refractivity contribution in [2.24, 2.45) is 0 Å². The smallest absolute Gasteiger partial charge is 0.0255 e. The molecule has 1 heteroatoms. The maximum atomic E-state index is 3.32. The molecule has 2 aromatic carbocycles. The first kappa shape index (κ1) is 15.8. The summed E-state index contributed by atoms with van der Waals surface area (Å²) < 4.78 is 0. The van der Waals surface area contributed by atoms with Gasteiger partial charge in [-0.05, 0) is 52.5 Å². The Morgan fingerprint density at radius 3 is 1.71 bits per heavy atom. The number of hydrogen-bond acceptors (Lipinski definition) is 0. The third kappa shape index (κ3) is 3.96. The number of benzene rings is 2. The lowest BCUT2D eigenvalue weighted by Crippen LogP contribution is -2.12. The molecule has 0 N–H and O–H groups in total. The molecule has 0 spiro atoms. The van der Waals surface area contributed by atoms with Gasteiger partial charge in [0.05, 0.1) is 0 Å². The molecular formula is C20H23P. The first-order valence-corrected chi connectivity index (χ1v) is 8.07. The summed E-state index contributed by atoms with van der Waals surface area (Å²) in [7, 11) is 2.91. The van der Waals surface area contributed by atoms with E-state index in [-0.39, 0.29) is 0 Å². The minimum absolute atomic E-state index is 0.508. The van der Waals surface area contributed by atoms with Crippen LogP contribution in [0, 0.1) is 11.8 Å². The number of rotatable bonds is 2. The highest BCUT2D eigenvalue weighted by molar-refractivity contribution is 7.27. The van der Waals surface area contributed by atoms with Crippen molar-refractivity contribution in [3.05, 3.63) is 64.7 Å². The molecule has 0 aliphatic carbocycles. The van der Waals surface area contributed by atoms with Gasteiger partial charge < -0.3 is 0 Å². The second kappa shape index (κ2) is 6.93. The van der Waals surface area contributed by atoms with Crippen molar-refractivity contribution >= 4 is 14.5 Å². The van der Waals surface area contributed by atoms with Gasteiger partial charge in [-0.1, -0.05) is 57.7 Å². The van der Waals surface area contributed by atoms with Crippen molar-refractivity contribution in [1.82, 2.24) is 0 Å². The monoisotopic (exact) mass is 294 g/mol.